The van der Waals surface area contributed by atoms with Gasteiger partial charge in [-0.1, -0.05) is 66.7 Å². The molecule has 4 aromatic rings. The zero-order valence-electron chi connectivity index (χ0n) is 21.4. The first-order chi connectivity index (χ1) is 18.7. The first kappa shape index (κ1) is 24.3. The second kappa shape index (κ2) is 10.8. The van der Waals surface area contributed by atoms with Crippen LogP contribution in [0, 0.1) is 0 Å². The lowest BCUT2D eigenvalue weighted by atomic mass is 9.95. The quantitative estimate of drug-likeness (QED) is 0.332. The number of pyridine rings is 1. The van der Waals surface area contributed by atoms with Crippen molar-refractivity contribution in [1.82, 2.24) is 9.88 Å². The van der Waals surface area contributed by atoms with Crippen LogP contribution in [0.25, 0.3) is 10.9 Å². The van der Waals surface area contributed by atoms with E-state index in [-0.39, 0.29) is 24.9 Å². The minimum Gasteiger partial charge on any atom is -0.462 e. The van der Waals surface area contributed by atoms with E-state index in [2.05, 4.69) is 35.2 Å². The molecule has 0 aliphatic carbocycles. The lowest BCUT2D eigenvalue weighted by Crippen LogP contribution is -2.36. The van der Waals surface area contributed by atoms with Gasteiger partial charge >= 0.3 is 5.97 Å². The molecular weight excluding hydrogens is 474 g/mol. The van der Waals surface area contributed by atoms with E-state index in [0.29, 0.717) is 18.7 Å². The van der Waals surface area contributed by atoms with Gasteiger partial charge < -0.3 is 9.64 Å². The van der Waals surface area contributed by atoms with Crippen molar-refractivity contribution in [3.63, 3.8) is 0 Å². The molecule has 38 heavy (non-hydrogen) atoms. The topological polar surface area (TPSA) is 62.7 Å². The number of aryl methyl sites for hydroxylation is 1. The Labute approximate surface area is 222 Å². The van der Waals surface area contributed by atoms with Crippen LogP contribution in [0.1, 0.15) is 45.6 Å². The molecule has 0 saturated heterocycles. The number of para-hydroxylation sites is 2. The standard InChI is InChI=1S/C32H31N3O3/c36-30(35-18-8-12-24-11-4-7-15-29(24)35)17-20-38-32(37)31-25-13-5-6-14-27(25)33-28-16-19-34(22-26(28)31)21-23-9-2-1-3-10-23/h1-7,9-11,13-15H,8,12,16-22H2. The Morgan fingerprint density at radius 3 is 2.55 bits per heavy atom. The number of nitrogens with zero attached hydrogens (tertiary/aromatic N) is 3. The van der Waals surface area contributed by atoms with Gasteiger partial charge in [-0.3, -0.25) is 14.7 Å². The van der Waals surface area contributed by atoms with Gasteiger partial charge in [-0.25, -0.2) is 4.79 Å². The first-order valence-corrected chi connectivity index (χ1v) is 13.4. The SMILES string of the molecule is O=C(OCCC(=O)N1CCCc2ccccc21)c1c2c(nc3ccccc13)CCN(Cc1ccccc1)C2. The molecule has 0 bridgehead atoms. The summed E-state index contributed by atoms with van der Waals surface area (Å²) in [7, 11) is 0. The van der Waals surface area contributed by atoms with Gasteiger partial charge in [-0.2, -0.15) is 0 Å². The predicted molar refractivity (Wildman–Crippen MR) is 148 cm³/mol. The molecule has 2 aliphatic heterocycles. The summed E-state index contributed by atoms with van der Waals surface area (Å²) in [6.07, 6.45) is 2.86. The summed E-state index contributed by atoms with van der Waals surface area (Å²) in [5.74, 6) is -0.395. The summed E-state index contributed by atoms with van der Waals surface area (Å²) >= 11 is 0. The molecule has 6 heteroatoms. The maximum atomic E-state index is 13.6. The van der Waals surface area contributed by atoms with Gasteiger partial charge in [0.25, 0.3) is 0 Å². The molecule has 0 unspecified atom stereocenters. The number of ether oxygens (including phenoxy) is 1. The van der Waals surface area contributed by atoms with Crippen LogP contribution in [0.5, 0.6) is 0 Å². The minimum absolute atomic E-state index is 0.0133. The zero-order valence-corrected chi connectivity index (χ0v) is 21.4. The first-order valence-electron chi connectivity index (χ1n) is 13.4. The van der Waals surface area contributed by atoms with Crippen LogP contribution in [0.15, 0.2) is 78.9 Å². The number of carbonyl (C=O) groups is 2. The Bertz CT molecular complexity index is 1480. The molecule has 3 heterocycles. The van der Waals surface area contributed by atoms with Crippen molar-refractivity contribution in [2.24, 2.45) is 0 Å². The molecule has 0 spiro atoms. The number of carbonyl (C=O) groups excluding carboxylic acids is 2. The highest BCUT2D eigenvalue weighted by Gasteiger charge is 2.27. The highest BCUT2D eigenvalue weighted by Crippen LogP contribution is 2.30. The zero-order chi connectivity index (χ0) is 25.9. The smallest absolute Gasteiger partial charge is 0.339 e. The van der Waals surface area contributed by atoms with Crippen LogP contribution < -0.4 is 4.90 Å². The maximum absolute atomic E-state index is 13.6. The molecule has 0 N–H and O–H groups in total. The van der Waals surface area contributed by atoms with E-state index in [9.17, 15) is 9.59 Å². The van der Waals surface area contributed by atoms with Gasteiger partial charge in [-0.15, -0.1) is 0 Å². The van der Waals surface area contributed by atoms with Crippen LogP contribution in [-0.2, 0) is 35.5 Å². The Morgan fingerprint density at radius 1 is 0.868 bits per heavy atom. The molecule has 6 rings (SSSR count). The number of hydrogen-bond acceptors (Lipinski definition) is 5. The highest BCUT2D eigenvalue weighted by molar-refractivity contribution is 6.05. The predicted octanol–water partition coefficient (Wildman–Crippen LogP) is 5.32. The van der Waals surface area contributed by atoms with Crippen LogP contribution in [0.2, 0.25) is 0 Å². The van der Waals surface area contributed by atoms with Gasteiger partial charge in [0.2, 0.25) is 5.91 Å². The van der Waals surface area contributed by atoms with Crippen LogP contribution in [0.4, 0.5) is 5.69 Å². The van der Waals surface area contributed by atoms with Gasteiger partial charge in [0.15, 0.2) is 0 Å². The number of rotatable bonds is 6. The number of anilines is 1. The molecule has 0 atom stereocenters. The normalized spacial score (nSPS) is 15.1. The fourth-order valence-electron chi connectivity index (χ4n) is 5.69. The molecule has 0 radical (unpaired) electrons. The molecular formula is C32H31N3O3. The molecule has 1 aromatic heterocycles. The van der Waals surface area contributed by atoms with E-state index >= 15 is 0 Å². The van der Waals surface area contributed by atoms with E-state index in [4.69, 9.17) is 9.72 Å². The van der Waals surface area contributed by atoms with E-state index < -0.39 is 0 Å². The highest BCUT2D eigenvalue weighted by atomic mass is 16.5. The van der Waals surface area contributed by atoms with E-state index in [1.165, 1.54) is 11.1 Å². The number of fused-ring (bicyclic) bond motifs is 3. The average molecular weight is 506 g/mol. The number of esters is 1. The lowest BCUT2D eigenvalue weighted by molar-refractivity contribution is -0.119. The van der Waals surface area contributed by atoms with Crippen molar-refractivity contribution in [1.29, 1.82) is 0 Å². The fraction of sp³-hybridized carbons (Fsp3) is 0.281. The fourth-order valence-corrected chi connectivity index (χ4v) is 5.69. The summed E-state index contributed by atoms with van der Waals surface area (Å²) in [5.41, 5.74) is 6.69. The van der Waals surface area contributed by atoms with Crippen LogP contribution in [-0.4, -0.2) is 41.5 Å². The molecule has 0 saturated carbocycles. The molecule has 6 nitrogen and oxygen atoms in total. The van der Waals surface area contributed by atoms with Crippen molar-refractivity contribution >= 4 is 28.5 Å². The van der Waals surface area contributed by atoms with E-state index in [1.807, 2.05) is 53.4 Å². The summed E-state index contributed by atoms with van der Waals surface area (Å²) in [6, 6.07) is 26.2. The second-order valence-corrected chi connectivity index (χ2v) is 10.0. The Morgan fingerprint density at radius 2 is 1.66 bits per heavy atom. The maximum Gasteiger partial charge on any atom is 0.339 e. The van der Waals surface area contributed by atoms with E-state index in [1.54, 1.807) is 0 Å². The van der Waals surface area contributed by atoms with Crippen molar-refractivity contribution in [3.05, 3.63) is 107 Å². The lowest BCUT2D eigenvalue weighted by Gasteiger charge is -2.30. The van der Waals surface area contributed by atoms with Crippen LogP contribution >= 0.6 is 0 Å². The summed E-state index contributed by atoms with van der Waals surface area (Å²) in [5, 5.41) is 0.800. The third-order valence-electron chi connectivity index (χ3n) is 7.54. The van der Waals surface area contributed by atoms with Gasteiger partial charge in [0.05, 0.1) is 17.5 Å². The van der Waals surface area contributed by atoms with Gasteiger partial charge in [0, 0.05) is 54.9 Å². The van der Waals surface area contributed by atoms with Gasteiger partial charge in [0.1, 0.15) is 6.61 Å². The number of amides is 1. The Balaban J connectivity index is 1.20. The number of aromatic nitrogens is 1. The Hall–Kier alpha value is -4.03. The second-order valence-electron chi connectivity index (χ2n) is 10.0. The van der Waals surface area contributed by atoms with Crippen molar-refractivity contribution in [2.75, 3.05) is 24.6 Å². The Kier molecular flexibility index (Phi) is 6.88. The average Bonchev–Trinajstić information content (AvgIpc) is 2.96. The molecule has 3 aromatic carbocycles. The number of benzene rings is 3. The summed E-state index contributed by atoms with van der Waals surface area (Å²) in [4.78, 5) is 35.7. The van der Waals surface area contributed by atoms with Crippen molar-refractivity contribution < 1.29 is 14.3 Å². The summed E-state index contributed by atoms with van der Waals surface area (Å²) < 4.78 is 5.77. The largest absolute Gasteiger partial charge is 0.462 e. The number of hydrogen-bond donors (Lipinski definition) is 0. The molecule has 1 amide bonds. The molecule has 2 aliphatic rings. The molecule has 192 valence electrons. The molecule has 0 fully saturated rings. The minimum atomic E-state index is -0.381. The third-order valence-corrected chi connectivity index (χ3v) is 7.54. The third kappa shape index (κ3) is 4.92. The van der Waals surface area contributed by atoms with Crippen molar-refractivity contribution in [3.8, 4) is 0 Å². The van der Waals surface area contributed by atoms with E-state index in [0.717, 1.165) is 60.2 Å². The van der Waals surface area contributed by atoms with Crippen LogP contribution in [0.3, 0.4) is 0 Å². The van der Waals surface area contributed by atoms with Crippen molar-refractivity contribution in [2.45, 2.75) is 38.8 Å². The monoisotopic (exact) mass is 505 g/mol. The van der Waals surface area contributed by atoms with Gasteiger partial charge in [-0.05, 0) is 36.1 Å². The summed E-state index contributed by atoms with van der Waals surface area (Å²) in [6.45, 7) is 3.08.